The van der Waals surface area contributed by atoms with E-state index in [-0.39, 0.29) is 17.6 Å². The molecule has 0 fully saturated rings. The van der Waals surface area contributed by atoms with Gasteiger partial charge in [0.05, 0.1) is 6.61 Å². The lowest BCUT2D eigenvalue weighted by molar-refractivity contribution is -0.121. The molecule has 0 spiro atoms. The van der Waals surface area contributed by atoms with Crippen molar-refractivity contribution >= 4 is 28.5 Å². The van der Waals surface area contributed by atoms with E-state index in [1.54, 1.807) is 37.3 Å². The van der Waals surface area contributed by atoms with Gasteiger partial charge in [-0.25, -0.2) is 14.3 Å². The molecule has 3 aromatic rings. The maximum Gasteiger partial charge on any atom is 0.332 e. The summed E-state index contributed by atoms with van der Waals surface area (Å²) in [6.45, 7) is 1.90. The largest absolute Gasteiger partial charge is 0.493 e. The highest BCUT2D eigenvalue weighted by molar-refractivity contribution is 6.31. The molecule has 8 nitrogen and oxygen atoms in total. The van der Waals surface area contributed by atoms with E-state index in [0.29, 0.717) is 17.4 Å². The second-order valence-electron chi connectivity index (χ2n) is 6.04. The predicted molar refractivity (Wildman–Crippen MR) is 106 cm³/mol. The smallest absolute Gasteiger partial charge is 0.332 e. The summed E-state index contributed by atoms with van der Waals surface area (Å²) in [5.41, 5.74) is -0.318. The number of hydrogen-bond acceptors (Lipinski definition) is 5. The van der Waals surface area contributed by atoms with E-state index < -0.39 is 23.7 Å². The minimum atomic E-state index is -0.633. The Labute approximate surface area is 165 Å². The van der Waals surface area contributed by atoms with E-state index in [1.807, 2.05) is 0 Å². The van der Waals surface area contributed by atoms with Gasteiger partial charge in [-0.15, -0.1) is 0 Å². The van der Waals surface area contributed by atoms with E-state index in [2.05, 4.69) is 10.3 Å². The van der Waals surface area contributed by atoms with Crippen molar-refractivity contribution in [1.29, 1.82) is 0 Å². The summed E-state index contributed by atoms with van der Waals surface area (Å²) >= 11 is 6.07. The van der Waals surface area contributed by atoms with Crippen LogP contribution in [0.2, 0.25) is 5.02 Å². The number of carbonyl (C=O) groups excluding carboxylic acids is 1. The highest BCUT2D eigenvalue weighted by Crippen LogP contribution is 2.19. The summed E-state index contributed by atoms with van der Waals surface area (Å²) < 4.78 is 7.58. The highest BCUT2D eigenvalue weighted by atomic mass is 35.5. The lowest BCUT2D eigenvalue weighted by Crippen LogP contribution is -2.43. The molecular weight excluding hydrogens is 384 g/mol. The second kappa shape index (κ2) is 8.26. The Morgan fingerprint density at radius 1 is 1.25 bits per heavy atom. The van der Waals surface area contributed by atoms with Crippen molar-refractivity contribution in [2.75, 3.05) is 6.61 Å². The van der Waals surface area contributed by atoms with Crippen LogP contribution in [0.5, 0.6) is 5.75 Å². The third-order valence-corrected chi connectivity index (χ3v) is 4.59. The van der Waals surface area contributed by atoms with E-state index in [0.717, 1.165) is 10.1 Å². The number of pyridine rings is 1. The van der Waals surface area contributed by atoms with Crippen LogP contribution in [-0.2, 0) is 24.9 Å². The maximum atomic E-state index is 12.9. The fourth-order valence-electron chi connectivity index (χ4n) is 2.83. The van der Waals surface area contributed by atoms with E-state index in [4.69, 9.17) is 16.3 Å². The van der Waals surface area contributed by atoms with Gasteiger partial charge in [0, 0.05) is 24.8 Å². The number of carbonyl (C=O) groups is 1. The van der Waals surface area contributed by atoms with Crippen LogP contribution in [0, 0.1) is 0 Å². The van der Waals surface area contributed by atoms with Crippen molar-refractivity contribution in [3.8, 4) is 5.75 Å². The van der Waals surface area contributed by atoms with Gasteiger partial charge in [-0.05, 0) is 24.6 Å². The number of aryl methyl sites for hydroxylation is 1. The molecule has 0 aliphatic carbocycles. The van der Waals surface area contributed by atoms with Crippen molar-refractivity contribution in [1.82, 2.24) is 19.4 Å². The zero-order chi connectivity index (χ0) is 20.3. The standard InChI is InChI=1S/C19H19ClN4O4/c1-3-28-14-8-9-21-17-16(14)18(26)24(19(27)23(17)2)11-15(25)22-10-12-6-4-5-7-13(12)20/h4-9H,3,10-11H2,1-2H3,(H,22,25). The summed E-state index contributed by atoms with van der Waals surface area (Å²) in [4.78, 5) is 41.9. The molecule has 3 rings (SSSR count). The summed E-state index contributed by atoms with van der Waals surface area (Å²) in [5.74, 6) is -0.168. The summed E-state index contributed by atoms with van der Waals surface area (Å²) in [6, 6.07) is 8.65. The number of halogens is 1. The SMILES string of the molecule is CCOc1ccnc2c1c(=O)n(CC(=O)NCc1ccccc1Cl)c(=O)n2C. The Bertz CT molecular complexity index is 1150. The van der Waals surface area contributed by atoms with Gasteiger partial charge in [0.2, 0.25) is 5.91 Å². The highest BCUT2D eigenvalue weighted by Gasteiger charge is 2.18. The topological polar surface area (TPSA) is 95.2 Å². The number of nitrogens with zero attached hydrogens (tertiary/aromatic N) is 3. The number of fused-ring (bicyclic) bond motifs is 1. The Balaban J connectivity index is 1.93. The molecule has 9 heteroatoms. The van der Waals surface area contributed by atoms with Crippen LogP contribution < -0.4 is 21.3 Å². The van der Waals surface area contributed by atoms with Crippen molar-refractivity contribution < 1.29 is 9.53 Å². The molecule has 0 unspecified atom stereocenters. The maximum absolute atomic E-state index is 12.9. The predicted octanol–water partition coefficient (Wildman–Crippen LogP) is 1.46. The molecule has 0 atom stereocenters. The minimum absolute atomic E-state index is 0.158. The quantitative estimate of drug-likeness (QED) is 0.673. The van der Waals surface area contributed by atoms with Gasteiger partial charge < -0.3 is 10.1 Å². The molecule has 0 aliphatic heterocycles. The van der Waals surface area contributed by atoms with Crippen LogP contribution in [0.25, 0.3) is 11.0 Å². The molecule has 0 bridgehead atoms. The van der Waals surface area contributed by atoms with E-state index >= 15 is 0 Å². The van der Waals surface area contributed by atoms with Crippen molar-refractivity contribution in [2.24, 2.45) is 7.05 Å². The number of nitrogens with one attached hydrogen (secondary N) is 1. The van der Waals surface area contributed by atoms with Crippen LogP contribution in [0.15, 0.2) is 46.1 Å². The first-order valence-electron chi connectivity index (χ1n) is 8.65. The number of rotatable bonds is 6. The third kappa shape index (κ3) is 3.77. The molecule has 0 radical (unpaired) electrons. The van der Waals surface area contributed by atoms with Gasteiger partial charge in [-0.3, -0.25) is 14.2 Å². The number of aromatic nitrogens is 3. The van der Waals surface area contributed by atoms with Gasteiger partial charge in [0.15, 0.2) is 5.65 Å². The number of benzene rings is 1. The fourth-order valence-corrected chi connectivity index (χ4v) is 3.04. The fraction of sp³-hybridized carbons (Fsp3) is 0.263. The molecular formula is C19H19ClN4O4. The number of ether oxygens (including phenoxy) is 1. The molecule has 1 N–H and O–H groups in total. The van der Waals surface area contributed by atoms with Crippen LogP contribution in [-0.4, -0.2) is 26.6 Å². The Morgan fingerprint density at radius 3 is 2.71 bits per heavy atom. The minimum Gasteiger partial charge on any atom is -0.493 e. The van der Waals surface area contributed by atoms with Gasteiger partial charge in [0.1, 0.15) is 17.7 Å². The molecule has 0 saturated carbocycles. The zero-order valence-electron chi connectivity index (χ0n) is 15.4. The molecule has 0 saturated heterocycles. The third-order valence-electron chi connectivity index (χ3n) is 4.22. The van der Waals surface area contributed by atoms with Gasteiger partial charge in [-0.2, -0.15) is 0 Å². The van der Waals surface area contributed by atoms with E-state index in [1.165, 1.54) is 17.8 Å². The van der Waals surface area contributed by atoms with E-state index in [9.17, 15) is 14.4 Å². The zero-order valence-corrected chi connectivity index (χ0v) is 16.2. The first-order chi connectivity index (χ1) is 13.4. The molecule has 2 heterocycles. The monoisotopic (exact) mass is 402 g/mol. The average molecular weight is 403 g/mol. The van der Waals surface area contributed by atoms with Crippen molar-refractivity contribution in [2.45, 2.75) is 20.0 Å². The molecule has 1 amide bonds. The summed E-state index contributed by atoms with van der Waals surface area (Å²) in [5, 5.41) is 3.35. The van der Waals surface area contributed by atoms with Crippen molar-refractivity contribution in [3.63, 3.8) is 0 Å². The van der Waals surface area contributed by atoms with Crippen LogP contribution in [0.4, 0.5) is 0 Å². The Hall–Kier alpha value is -3.13. The number of amides is 1. The van der Waals surface area contributed by atoms with Crippen molar-refractivity contribution in [3.05, 3.63) is 68.0 Å². The summed E-state index contributed by atoms with van der Waals surface area (Å²) in [6.07, 6.45) is 1.47. The Morgan fingerprint density at radius 2 is 2.00 bits per heavy atom. The summed E-state index contributed by atoms with van der Waals surface area (Å²) in [7, 11) is 1.49. The Kier molecular flexibility index (Phi) is 5.79. The molecule has 146 valence electrons. The molecule has 28 heavy (non-hydrogen) atoms. The van der Waals surface area contributed by atoms with Gasteiger partial charge in [-0.1, -0.05) is 29.8 Å². The second-order valence-corrected chi connectivity index (χ2v) is 6.45. The van der Waals surface area contributed by atoms with Crippen LogP contribution >= 0.6 is 11.6 Å². The lowest BCUT2D eigenvalue weighted by Gasteiger charge is -2.13. The van der Waals surface area contributed by atoms with Crippen LogP contribution in [0.1, 0.15) is 12.5 Å². The van der Waals surface area contributed by atoms with Crippen LogP contribution in [0.3, 0.4) is 0 Å². The van der Waals surface area contributed by atoms with Gasteiger partial charge >= 0.3 is 5.69 Å². The molecule has 0 aliphatic rings. The lowest BCUT2D eigenvalue weighted by atomic mass is 10.2. The molecule has 1 aromatic carbocycles. The van der Waals surface area contributed by atoms with Gasteiger partial charge in [0.25, 0.3) is 5.56 Å². The first-order valence-corrected chi connectivity index (χ1v) is 9.03. The normalized spacial score (nSPS) is 10.8. The average Bonchev–Trinajstić information content (AvgIpc) is 2.69. The first kappa shape index (κ1) is 19.6. The number of hydrogen-bond donors (Lipinski definition) is 1. The molecule has 2 aromatic heterocycles.